The van der Waals surface area contributed by atoms with Crippen LogP contribution in [0.15, 0.2) is 18.6 Å². The Hall–Kier alpha value is -2.33. The molecular weight excluding hydrogens is 544 g/mol. The van der Waals surface area contributed by atoms with Gasteiger partial charge < -0.3 is 10.0 Å². The van der Waals surface area contributed by atoms with E-state index in [0.29, 0.717) is 35.0 Å². The van der Waals surface area contributed by atoms with Crippen molar-refractivity contribution in [2.75, 3.05) is 6.54 Å². The molecule has 1 aliphatic carbocycles. The molecule has 1 aliphatic heterocycles. The molecule has 1 saturated heterocycles. The van der Waals surface area contributed by atoms with E-state index in [-0.39, 0.29) is 37.6 Å². The van der Waals surface area contributed by atoms with E-state index in [2.05, 4.69) is 10.1 Å². The van der Waals surface area contributed by atoms with E-state index in [1.807, 2.05) is 6.92 Å². The van der Waals surface area contributed by atoms with Gasteiger partial charge in [-0.1, -0.05) is 36.5 Å². The van der Waals surface area contributed by atoms with Crippen molar-refractivity contribution in [3.63, 3.8) is 0 Å². The Balaban J connectivity index is 1.65. The van der Waals surface area contributed by atoms with Gasteiger partial charge in [-0.05, 0) is 63.4 Å². The maximum Gasteiger partial charge on any atom is 0.433 e. The lowest BCUT2D eigenvalue weighted by Crippen LogP contribution is -2.38. The standard InChI is InChI=1S/C26H31Cl2F3N4O3/c1-3-4-15-9-17(10-18-20(27)12-32-13-21(18)28)34(14-15)23(36)19-11-33-35(22(19)26(29,30)31)16-5-7-25(2,8-6-16)24(37)38/h11-13,15-17H,3-10,14H2,1-2H3,(H,37,38)/t15-,16?,17+,25?/m0/s1. The molecule has 0 radical (unpaired) electrons. The van der Waals surface area contributed by atoms with Gasteiger partial charge in [0.25, 0.3) is 5.91 Å². The highest BCUT2D eigenvalue weighted by molar-refractivity contribution is 6.35. The second kappa shape index (κ2) is 11.0. The van der Waals surface area contributed by atoms with Gasteiger partial charge in [-0.2, -0.15) is 18.3 Å². The number of aromatic nitrogens is 3. The Morgan fingerprint density at radius 1 is 1.16 bits per heavy atom. The van der Waals surface area contributed by atoms with Gasteiger partial charge in [-0.25, -0.2) is 0 Å². The molecule has 2 aromatic rings. The van der Waals surface area contributed by atoms with Crippen molar-refractivity contribution in [2.24, 2.45) is 11.3 Å². The van der Waals surface area contributed by atoms with Gasteiger partial charge in [0.1, 0.15) is 0 Å². The Labute approximate surface area is 229 Å². The van der Waals surface area contributed by atoms with Crippen molar-refractivity contribution in [3.05, 3.63) is 45.5 Å². The molecule has 7 nitrogen and oxygen atoms in total. The molecule has 2 atom stereocenters. The first kappa shape index (κ1) is 28.7. The number of pyridine rings is 1. The molecule has 2 fully saturated rings. The number of hydrogen-bond donors (Lipinski definition) is 1. The average molecular weight is 575 g/mol. The molecule has 2 aromatic heterocycles. The molecule has 0 aromatic carbocycles. The number of carbonyl (C=O) groups is 2. The summed E-state index contributed by atoms with van der Waals surface area (Å²) >= 11 is 12.6. The number of carboxylic acid groups (broad SMARTS) is 1. The third-order valence-electron chi connectivity index (χ3n) is 8.07. The van der Waals surface area contributed by atoms with E-state index in [1.54, 1.807) is 6.92 Å². The van der Waals surface area contributed by atoms with Crippen molar-refractivity contribution >= 4 is 35.1 Å². The fourth-order valence-corrected chi connectivity index (χ4v) is 6.39. The van der Waals surface area contributed by atoms with E-state index in [4.69, 9.17) is 23.2 Å². The van der Waals surface area contributed by atoms with Crippen LogP contribution in [0.3, 0.4) is 0 Å². The molecule has 0 bridgehead atoms. The van der Waals surface area contributed by atoms with Crippen LogP contribution >= 0.6 is 23.2 Å². The maximum atomic E-state index is 14.4. The van der Waals surface area contributed by atoms with Gasteiger partial charge in [-0.15, -0.1) is 0 Å². The minimum absolute atomic E-state index is 0.143. The number of hydrogen-bond acceptors (Lipinski definition) is 4. The van der Waals surface area contributed by atoms with Crippen LogP contribution in [0.4, 0.5) is 13.2 Å². The van der Waals surface area contributed by atoms with E-state index in [0.717, 1.165) is 23.7 Å². The van der Waals surface area contributed by atoms with Gasteiger partial charge in [0.05, 0.1) is 33.3 Å². The first-order valence-electron chi connectivity index (χ1n) is 12.8. The summed E-state index contributed by atoms with van der Waals surface area (Å²) in [5, 5.41) is 14.2. The number of amides is 1. The number of carboxylic acids is 1. The maximum absolute atomic E-state index is 14.4. The predicted molar refractivity (Wildman–Crippen MR) is 136 cm³/mol. The Bertz CT molecular complexity index is 1170. The zero-order valence-electron chi connectivity index (χ0n) is 21.3. The van der Waals surface area contributed by atoms with Crippen molar-refractivity contribution in [3.8, 4) is 0 Å². The van der Waals surface area contributed by atoms with E-state index >= 15 is 0 Å². The normalized spacial score (nSPS) is 26.1. The lowest BCUT2D eigenvalue weighted by molar-refractivity contribution is -0.152. The summed E-state index contributed by atoms with van der Waals surface area (Å²) in [6.07, 6.45) is 2.68. The summed E-state index contributed by atoms with van der Waals surface area (Å²) in [4.78, 5) is 30.8. The van der Waals surface area contributed by atoms with Crippen LogP contribution < -0.4 is 0 Å². The van der Waals surface area contributed by atoms with Gasteiger partial charge in [0.15, 0.2) is 5.69 Å². The van der Waals surface area contributed by atoms with Crippen LogP contribution in [0, 0.1) is 11.3 Å². The number of carbonyl (C=O) groups excluding carboxylic acids is 1. The molecule has 0 unspecified atom stereocenters. The summed E-state index contributed by atoms with van der Waals surface area (Å²) in [6, 6.07) is -1.02. The van der Waals surface area contributed by atoms with Crippen LogP contribution in [-0.2, 0) is 17.4 Å². The lowest BCUT2D eigenvalue weighted by atomic mass is 9.74. The SMILES string of the molecule is CCC[C@H]1C[C@H](Cc2c(Cl)cncc2Cl)N(C(=O)c2cnn(C3CCC(C)(C(=O)O)CC3)c2C(F)(F)F)C1. The molecule has 3 heterocycles. The topological polar surface area (TPSA) is 88.3 Å². The van der Waals surface area contributed by atoms with Crippen LogP contribution in [0.2, 0.25) is 10.0 Å². The zero-order chi connectivity index (χ0) is 27.8. The summed E-state index contributed by atoms with van der Waals surface area (Å²) in [7, 11) is 0. The number of nitrogens with zero attached hydrogens (tertiary/aromatic N) is 4. The molecule has 12 heteroatoms. The van der Waals surface area contributed by atoms with Gasteiger partial charge in [0.2, 0.25) is 0 Å². The predicted octanol–water partition coefficient (Wildman–Crippen LogP) is 6.68. The number of likely N-dealkylation sites (tertiary alicyclic amines) is 1. The van der Waals surface area contributed by atoms with Gasteiger partial charge in [-0.3, -0.25) is 19.3 Å². The second-order valence-electron chi connectivity index (χ2n) is 10.7. The highest BCUT2D eigenvalue weighted by Crippen LogP contribution is 2.44. The van der Waals surface area contributed by atoms with Crippen molar-refractivity contribution in [1.82, 2.24) is 19.7 Å². The van der Waals surface area contributed by atoms with Gasteiger partial charge >= 0.3 is 12.1 Å². The summed E-state index contributed by atoms with van der Waals surface area (Å²) in [5.74, 6) is -1.54. The van der Waals surface area contributed by atoms with Crippen molar-refractivity contribution < 1.29 is 27.9 Å². The van der Waals surface area contributed by atoms with E-state index < -0.39 is 40.8 Å². The molecule has 1 N–H and O–H groups in total. The molecule has 208 valence electrons. The zero-order valence-corrected chi connectivity index (χ0v) is 22.8. The molecule has 1 saturated carbocycles. The molecule has 1 amide bonds. The van der Waals surface area contributed by atoms with Gasteiger partial charge in [0, 0.05) is 25.0 Å². The number of alkyl halides is 3. The van der Waals surface area contributed by atoms with E-state index in [9.17, 15) is 27.9 Å². The molecule has 4 rings (SSSR count). The Kier molecular flexibility index (Phi) is 8.33. The summed E-state index contributed by atoms with van der Waals surface area (Å²) < 4.78 is 44.1. The van der Waals surface area contributed by atoms with Crippen LogP contribution in [-0.4, -0.2) is 49.2 Å². The fourth-order valence-electron chi connectivity index (χ4n) is 5.87. The quantitative estimate of drug-likeness (QED) is 0.398. The third-order valence-corrected chi connectivity index (χ3v) is 8.72. The van der Waals surface area contributed by atoms with Crippen molar-refractivity contribution in [1.29, 1.82) is 0 Å². The minimum atomic E-state index is -4.81. The molecule has 38 heavy (non-hydrogen) atoms. The highest BCUT2D eigenvalue weighted by Gasteiger charge is 2.46. The molecule has 2 aliphatic rings. The first-order valence-corrected chi connectivity index (χ1v) is 13.6. The summed E-state index contributed by atoms with van der Waals surface area (Å²) in [5.41, 5.74) is -1.94. The first-order chi connectivity index (χ1) is 17.9. The van der Waals surface area contributed by atoms with E-state index in [1.165, 1.54) is 17.3 Å². The summed E-state index contributed by atoms with van der Waals surface area (Å²) in [6.45, 7) is 3.97. The third kappa shape index (κ3) is 5.66. The Morgan fingerprint density at radius 2 is 1.79 bits per heavy atom. The number of aliphatic carboxylic acids is 1. The second-order valence-corrected chi connectivity index (χ2v) is 11.5. The number of rotatable bonds is 7. The minimum Gasteiger partial charge on any atom is -0.481 e. The van der Waals surface area contributed by atoms with Crippen LogP contribution in [0.1, 0.15) is 86.5 Å². The Morgan fingerprint density at radius 3 is 2.34 bits per heavy atom. The van der Waals surface area contributed by atoms with Crippen LogP contribution in [0.25, 0.3) is 0 Å². The smallest absolute Gasteiger partial charge is 0.433 e. The average Bonchev–Trinajstić information content (AvgIpc) is 3.46. The highest BCUT2D eigenvalue weighted by atomic mass is 35.5. The number of halogens is 5. The largest absolute Gasteiger partial charge is 0.481 e. The lowest BCUT2D eigenvalue weighted by Gasteiger charge is -2.34. The fraction of sp³-hybridized carbons (Fsp3) is 0.615. The molecule has 0 spiro atoms. The van der Waals surface area contributed by atoms with Crippen molar-refractivity contribution in [2.45, 2.75) is 83.5 Å². The monoisotopic (exact) mass is 574 g/mol. The molecular formula is C26H31Cl2F3N4O3. The van der Waals surface area contributed by atoms with Crippen LogP contribution in [0.5, 0.6) is 0 Å².